The van der Waals surface area contributed by atoms with Crippen molar-refractivity contribution in [3.63, 3.8) is 0 Å². The van der Waals surface area contributed by atoms with E-state index in [1.165, 1.54) is 16.7 Å². The summed E-state index contributed by atoms with van der Waals surface area (Å²) in [6, 6.07) is 0. The molecule has 0 saturated carbocycles. The molecular weight excluding hydrogens is 288 g/mol. The lowest BCUT2D eigenvalue weighted by Crippen LogP contribution is -1.88. The second kappa shape index (κ2) is 12.8. The van der Waals surface area contributed by atoms with Crippen molar-refractivity contribution in [2.45, 2.75) is 53.4 Å². The van der Waals surface area contributed by atoms with Gasteiger partial charge >= 0.3 is 0 Å². The number of aliphatic hydroxyl groups is 1. The lowest BCUT2D eigenvalue weighted by molar-refractivity contribution is 0.341. The van der Waals surface area contributed by atoms with E-state index in [2.05, 4.69) is 39.8 Å². The molecule has 0 aliphatic rings. The first kappa shape index (κ1) is 22.4. The molecule has 0 aromatic heterocycles. The summed E-state index contributed by atoms with van der Waals surface area (Å²) in [4.78, 5) is 0. The largest absolute Gasteiger partial charge is 0.392 e. The van der Waals surface area contributed by atoms with Gasteiger partial charge in [-0.1, -0.05) is 34.9 Å². The Bertz CT molecular complexity index is 445. The fourth-order valence-corrected chi connectivity index (χ4v) is 1.49. The second-order valence-electron chi connectivity index (χ2n) is 5.38. The van der Waals surface area contributed by atoms with Crippen LogP contribution in [-0.4, -0.2) is 30.9 Å². The third-order valence-electron chi connectivity index (χ3n) is 2.56. The van der Waals surface area contributed by atoms with E-state index >= 15 is 0 Å². The molecule has 0 bridgehead atoms. The highest BCUT2D eigenvalue weighted by atomic mass is 32.2. The van der Waals surface area contributed by atoms with Crippen molar-refractivity contribution < 1.29 is 18.1 Å². The SMILES string of the molecule is CC(C)=CCCC(C)=CCCC(C)=CCO.CS(=O)(=O)O. The summed E-state index contributed by atoms with van der Waals surface area (Å²) in [6.07, 6.45) is 11.6. The first-order chi connectivity index (χ1) is 9.56. The van der Waals surface area contributed by atoms with Crippen LogP contribution in [-0.2, 0) is 10.1 Å². The van der Waals surface area contributed by atoms with Crippen LogP contribution in [0.2, 0.25) is 0 Å². The molecule has 0 spiro atoms. The Morgan fingerprint density at radius 3 is 1.67 bits per heavy atom. The Morgan fingerprint density at radius 1 is 0.905 bits per heavy atom. The average molecular weight is 318 g/mol. The van der Waals surface area contributed by atoms with Crippen LogP contribution in [0.5, 0.6) is 0 Å². The third kappa shape index (κ3) is 28.1. The molecule has 0 amide bonds. The van der Waals surface area contributed by atoms with Gasteiger partial charge in [0.1, 0.15) is 0 Å². The zero-order valence-corrected chi connectivity index (χ0v) is 14.7. The van der Waals surface area contributed by atoms with Crippen molar-refractivity contribution in [2.24, 2.45) is 0 Å². The van der Waals surface area contributed by atoms with Crippen molar-refractivity contribution >= 4 is 10.1 Å². The van der Waals surface area contributed by atoms with Crippen LogP contribution in [0, 0.1) is 0 Å². The van der Waals surface area contributed by atoms with Gasteiger partial charge in [-0.15, -0.1) is 0 Å². The zero-order valence-electron chi connectivity index (χ0n) is 13.9. The fraction of sp³-hybridized carbons (Fsp3) is 0.625. The van der Waals surface area contributed by atoms with Crippen molar-refractivity contribution in [2.75, 3.05) is 12.9 Å². The summed E-state index contributed by atoms with van der Waals surface area (Å²) in [5, 5.41) is 8.72. The zero-order chi connectivity index (χ0) is 16.9. The van der Waals surface area contributed by atoms with E-state index < -0.39 is 10.1 Å². The molecule has 0 radical (unpaired) electrons. The molecular formula is C16H30O4S. The minimum atomic E-state index is -3.67. The molecule has 0 fully saturated rings. The molecule has 0 heterocycles. The lowest BCUT2D eigenvalue weighted by Gasteiger charge is -2.00. The van der Waals surface area contributed by atoms with Gasteiger partial charge in [-0.25, -0.2) is 0 Å². The van der Waals surface area contributed by atoms with Crippen LogP contribution in [0.4, 0.5) is 0 Å². The van der Waals surface area contributed by atoms with Gasteiger partial charge < -0.3 is 5.11 Å². The van der Waals surface area contributed by atoms with Crippen molar-refractivity contribution in [1.82, 2.24) is 0 Å². The number of aliphatic hydroxyl groups excluding tert-OH is 1. The fourth-order valence-electron chi connectivity index (χ4n) is 1.49. The normalized spacial score (nSPS) is 12.5. The third-order valence-corrected chi connectivity index (χ3v) is 2.56. The monoisotopic (exact) mass is 318 g/mol. The molecule has 0 aliphatic carbocycles. The first-order valence-corrected chi connectivity index (χ1v) is 8.89. The first-order valence-electron chi connectivity index (χ1n) is 7.04. The summed E-state index contributed by atoms with van der Waals surface area (Å²) >= 11 is 0. The van der Waals surface area contributed by atoms with Crippen LogP contribution in [0.25, 0.3) is 0 Å². The van der Waals surface area contributed by atoms with Gasteiger partial charge in [0.05, 0.1) is 12.9 Å². The van der Waals surface area contributed by atoms with Gasteiger partial charge in [-0.2, -0.15) is 8.42 Å². The Hall–Kier alpha value is -0.910. The van der Waals surface area contributed by atoms with E-state index in [9.17, 15) is 8.42 Å². The molecule has 124 valence electrons. The van der Waals surface area contributed by atoms with Gasteiger partial charge in [0.25, 0.3) is 10.1 Å². The molecule has 0 aliphatic heterocycles. The van der Waals surface area contributed by atoms with E-state index in [1.54, 1.807) is 0 Å². The van der Waals surface area contributed by atoms with Gasteiger partial charge in [-0.05, 0) is 53.4 Å². The second-order valence-corrected chi connectivity index (χ2v) is 6.84. The number of hydrogen-bond acceptors (Lipinski definition) is 3. The summed E-state index contributed by atoms with van der Waals surface area (Å²) in [5.41, 5.74) is 4.14. The smallest absolute Gasteiger partial charge is 0.261 e. The van der Waals surface area contributed by atoms with Crippen molar-refractivity contribution in [1.29, 1.82) is 0 Å². The minimum absolute atomic E-state index is 0.162. The Kier molecular flexibility index (Phi) is 13.6. The maximum atomic E-state index is 9.19. The maximum absolute atomic E-state index is 9.19. The standard InChI is InChI=1S/C15H26O.CH4O3S/c1-13(2)7-5-8-14(3)9-6-10-15(4)11-12-16;1-5(2,3)4/h7,9,11,16H,5-6,8,10,12H2,1-4H3;1H3,(H,2,3,4). The molecule has 21 heavy (non-hydrogen) atoms. The summed E-state index contributed by atoms with van der Waals surface area (Å²) in [7, 11) is -3.67. The average Bonchev–Trinajstić information content (AvgIpc) is 2.26. The molecule has 0 atom stereocenters. The van der Waals surface area contributed by atoms with Gasteiger partial charge in [0, 0.05) is 0 Å². The molecule has 0 unspecified atom stereocenters. The highest BCUT2D eigenvalue weighted by molar-refractivity contribution is 7.85. The highest BCUT2D eigenvalue weighted by Gasteiger charge is 1.91. The highest BCUT2D eigenvalue weighted by Crippen LogP contribution is 2.10. The topological polar surface area (TPSA) is 74.6 Å². The number of rotatable bonds is 7. The summed E-state index contributed by atoms with van der Waals surface area (Å²) in [5.74, 6) is 0. The van der Waals surface area contributed by atoms with Crippen LogP contribution >= 0.6 is 0 Å². The molecule has 5 heteroatoms. The van der Waals surface area contributed by atoms with Gasteiger partial charge in [0.2, 0.25) is 0 Å². The van der Waals surface area contributed by atoms with Crippen LogP contribution in [0.15, 0.2) is 34.9 Å². The molecule has 0 rings (SSSR count). The number of allylic oxidation sites excluding steroid dienone is 5. The van der Waals surface area contributed by atoms with Crippen molar-refractivity contribution in [3.05, 3.63) is 34.9 Å². The predicted molar refractivity (Wildman–Crippen MR) is 90.0 cm³/mol. The van der Waals surface area contributed by atoms with Gasteiger partial charge in [0.15, 0.2) is 0 Å². The predicted octanol–water partition coefficient (Wildman–Crippen LogP) is 3.90. The maximum Gasteiger partial charge on any atom is 0.261 e. The molecule has 2 N–H and O–H groups in total. The van der Waals surface area contributed by atoms with E-state index in [1.807, 2.05) is 6.08 Å². The van der Waals surface area contributed by atoms with E-state index in [-0.39, 0.29) is 6.61 Å². The Labute approximate surface area is 130 Å². The van der Waals surface area contributed by atoms with Crippen LogP contribution in [0.1, 0.15) is 53.4 Å². The lowest BCUT2D eigenvalue weighted by atomic mass is 10.1. The molecule has 0 saturated heterocycles. The Balaban J connectivity index is 0. The molecule has 0 aromatic carbocycles. The van der Waals surface area contributed by atoms with E-state index in [4.69, 9.17) is 9.66 Å². The Morgan fingerprint density at radius 2 is 1.29 bits per heavy atom. The minimum Gasteiger partial charge on any atom is -0.392 e. The van der Waals surface area contributed by atoms with Gasteiger partial charge in [-0.3, -0.25) is 4.55 Å². The summed E-state index contributed by atoms with van der Waals surface area (Å²) in [6.45, 7) is 8.71. The molecule has 0 aromatic rings. The summed E-state index contributed by atoms with van der Waals surface area (Å²) < 4.78 is 25.9. The molecule has 4 nitrogen and oxygen atoms in total. The van der Waals surface area contributed by atoms with Crippen LogP contribution in [0.3, 0.4) is 0 Å². The van der Waals surface area contributed by atoms with E-state index in [0.717, 1.165) is 25.7 Å². The van der Waals surface area contributed by atoms with Crippen molar-refractivity contribution in [3.8, 4) is 0 Å². The quantitative estimate of drug-likeness (QED) is 0.551. The number of hydrogen-bond donors (Lipinski definition) is 2. The van der Waals surface area contributed by atoms with Crippen LogP contribution < -0.4 is 0 Å². The van der Waals surface area contributed by atoms with E-state index in [0.29, 0.717) is 6.26 Å².